The summed E-state index contributed by atoms with van der Waals surface area (Å²) in [6.07, 6.45) is 3.31. The lowest BCUT2D eigenvalue weighted by molar-refractivity contribution is 0.154. The molecule has 0 saturated carbocycles. The SMILES string of the molecule is OC1CCCN(c2ccnc(-c3ccc4c(c3)OCO4)n2)C1. The normalized spacial score (nSPS) is 20.2. The molecule has 0 spiro atoms. The monoisotopic (exact) mass is 299 g/mol. The maximum Gasteiger partial charge on any atom is 0.231 e. The van der Waals surface area contributed by atoms with Gasteiger partial charge in [-0.05, 0) is 37.1 Å². The molecule has 22 heavy (non-hydrogen) atoms. The van der Waals surface area contributed by atoms with Crippen LogP contribution in [0.4, 0.5) is 5.82 Å². The number of nitrogens with zero attached hydrogens (tertiary/aromatic N) is 3. The predicted molar refractivity (Wildman–Crippen MR) is 81.0 cm³/mol. The van der Waals surface area contributed by atoms with E-state index in [0.29, 0.717) is 12.4 Å². The molecule has 2 aliphatic rings. The summed E-state index contributed by atoms with van der Waals surface area (Å²) in [6, 6.07) is 7.58. The van der Waals surface area contributed by atoms with Gasteiger partial charge in [0.15, 0.2) is 17.3 Å². The molecular formula is C16H17N3O3. The first-order valence-electron chi connectivity index (χ1n) is 7.46. The standard InChI is InChI=1S/C16H17N3O3/c20-12-2-1-7-19(9-12)15-5-6-17-16(18-15)11-3-4-13-14(8-11)22-10-21-13/h3-6,8,12,20H,1-2,7,9-10H2. The fraction of sp³-hybridized carbons (Fsp3) is 0.375. The van der Waals surface area contributed by atoms with Crippen LogP contribution in [0, 0.1) is 0 Å². The van der Waals surface area contributed by atoms with Gasteiger partial charge in [0.05, 0.1) is 6.10 Å². The summed E-state index contributed by atoms with van der Waals surface area (Å²) in [5, 5.41) is 9.82. The van der Waals surface area contributed by atoms with Crippen LogP contribution in [0.15, 0.2) is 30.5 Å². The quantitative estimate of drug-likeness (QED) is 0.912. The Kier molecular flexibility index (Phi) is 3.31. The molecular weight excluding hydrogens is 282 g/mol. The summed E-state index contributed by atoms with van der Waals surface area (Å²) in [6.45, 7) is 1.79. The van der Waals surface area contributed by atoms with Crippen LogP contribution in [-0.2, 0) is 0 Å². The van der Waals surface area contributed by atoms with Gasteiger partial charge in [0.25, 0.3) is 0 Å². The van der Waals surface area contributed by atoms with E-state index in [1.807, 2.05) is 24.3 Å². The lowest BCUT2D eigenvalue weighted by atomic mass is 10.1. The Morgan fingerprint density at radius 2 is 2.09 bits per heavy atom. The zero-order valence-electron chi connectivity index (χ0n) is 12.1. The van der Waals surface area contributed by atoms with Gasteiger partial charge < -0.3 is 19.5 Å². The third kappa shape index (κ3) is 2.46. The molecule has 6 nitrogen and oxygen atoms in total. The second-order valence-corrected chi connectivity index (χ2v) is 5.55. The van der Waals surface area contributed by atoms with Crippen molar-refractivity contribution in [2.45, 2.75) is 18.9 Å². The molecule has 0 amide bonds. The second-order valence-electron chi connectivity index (χ2n) is 5.55. The van der Waals surface area contributed by atoms with Crippen LogP contribution in [0.5, 0.6) is 11.5 Å². The first-order valence-corrected chi connectivity index (χ1v) is 7.46. The highest BCUT2D eigenvalue weighted by Gasteiger charge is 2.20. The van der Waals surface area contributed by atoms with Crippen LogP contribution in [0.2, 0.25) is 0 Å². The van der Waals surface area contributed by atoms with E-state index in [1.165, 1.54) is 0 Å². The number of β-amino-alcohol motifs (C(OH)–C–C–N with tert-alkyl or cyclic N) is 1. The Bertz CT molecular complexity index is 692. The minimum Gasteiger partial charge on any atom is -0.454 e. The van der Waals surface area contributed by atoms with Crippen molar-refractivity contribution in [3.8, 4) is 22.9 Å². The van der Waals surface area contributed by atoms with E-state index >= 15 is 0 Å². The Hall–Kier alpha value is -2.34. The van der Waals surface area contributed by atoms with Gasteiger partial charge in [-0.1, -0.05) is 0 Å². The number of aliphatic hydroxyl groups excluding tert-OH is 1. The predicted octanol–water partition coefficient (Wildman–Crippen LogP) is 1.83. The van der Waals surface area contributed by atoms with Gasteiger partial charge in [-0.25, -0.2) is 9.97 Å². The Labute approximate surface area is 128 Å². The largest absolute Gasteiger partial charge is 0.454 e. The molecule has 2 aliphatic heterocycles. The molecule has 6 heteroatoms. The van der Waals surface area contributed by atoms with Crippen molar-refractivity contribution in [1.29, 1.82) is 0 Å². The molecule has 1 aromatic carbocycles. The molecule has 0 radical (unpaired) electrons. The van der Waals surface area contributed by atoms with Gasteiger partial charge in [-0.2, -0.15) is 0 Å². The Morgan fingerprint density at radius 3 is 3.00 bits per heavy atom. The molecule has 2 aromatic rings. The second kappa shape index (κ2) is 5.46. The van der Waals surface area contributed by atoms with Gasteiger partial charge in [0, 0.05) is 24.8 Å². The topological polar surface area (TPSA) is 67.7 Å². The van der Waals surface area contributed by atoms with E-state index in [4.69, 9.17) is 9.47 Å². The van der Waals surface area contributed by atoms with E-state index in [0.717, 1.165) is 42.3 Å². The minimum atomic E-state index is -0.280. The first-order chi connectivity index (χ1) is 10.8. The highest BCUT2D eigenvalue weighted by atomic mass is 16.7. The van der Waals surface area contributed by atoms with Crippen molar-refractivity contribution in [2.75, 3.05) is 24.8 Å². The maximum atomic E-state index is 9.82. The van der Waals surface area contributed by atoms with E-state index in [9.17, 15) is 5.11 Å². The number of rotatable bonds is 2. The van der Waals surface area contributed by atoms with Crippen LogP contribution < -0.4 is 14.4 Å². The molecule has 0 aliphatic carbocycles. The molecule has 1 aromatic heterocycles. The molecule has 1 fully saturated rings. The number of piperidine rings is 1. The zero-order valence-corrected chi connectivity index (χ0v) is 12.1. The van der Waals surface area contributed by atoms with Crippen molar-refractivity contribution >= 4 is 5.82 Å². The fourth-order valence-corrected chi connectivity index (χ4v) is 2.86. The number of benzene rings is 1. The molecule has 114 valence electrons. The van der Waals surface area contributed by atoms with E-state index in [2.05, 4.69) is 14.9 Å². The summed E-state index contributed by atoms with van der Waals surface area (Å²) in [5.41, 5.74) is 0.892. The van der Waals surface area contributed by atoms with Crippen LogP contribution in [0.1, 0.15) is 12.8 Å². The van der Waals surface area contributed by atoms with Crippen molar-refractivity contribution < 1.29 is 14.6 Å². The van der Waals surface area contributed by atoms with Crippen LogP contribution in [0.3, 0.4) is 0 Å². The van der Waals surface area contributed by atoms with Crippen LogP contribution >= 0.6 is 0 Å². The fourth-order valence-electron chi connectivity index (χ4n) is 2.86. The average molecular weight is 299 g/mol. The summed E-state index contributed by atoms with van der Waals surface area (Å²) in [7, 11) is 0. The van der Waals surface area contributed by atoms with E-state index < -0.39 is 0 Å². The number of hydrogen-bond donors (Lipinski definition) is 1. The molecule has 3 heterocycles. The maximum absolute atomic E-state index is 9.82. The number of anilines is 1. The number of aliphatic hydroxyl groups is 1. The molecule has 1 unspecified atom stereocenters. The smallest absolute Gasteiger partial charge is 0.231 e. The summed E-state index contributed by atoms with van der Waals surface area (Å²) in [4.78, 5) is 11.1. The van der Waals surface area contributed by atoms with Gasteiger partial charge in [0.1, 0.15) is 5.82 Å². The van der Waals surface area contributed by atoms with Crippen molar-refractivity contribution in [1.82, 2.24) is 9.97 Å². The van der Waals surface area contributed by atoms with Crippen molar-refractivity contribution in [3.63, 3.8) is 0 Å². The lowest BCUT2D eigenvalue weighted by Crippen LogP contribution is -2.38. The lowest BCUT2D eigenvalue weighted by Gasteiger charge is -2.31. The zero-order chi connectivity index (χ0) is 14.9. The van der Waals surface area contributed by atoms with Gasteiger partial charge in [-0.3, -0.25) is 0 Å². The Balaban J connectivity index is 1.64. The number of aromatic nitrogens is 2. The van der Waals surface area contributed by atoms with Crippen LogP contribution in [-0.4, -0.2) is 41.1 Å². The first kappa shape index (κ1) is 13.3. The van der Waals surface area contributed by atoms with E-state index in [1.54, 1.807) is 6.20 Å². The minimum absolute atomic E-state index is 0.255. The van der Waals surface area contributed by atoms with Crippen molar-refractivity contribution in [3.05, 3.63) is 30.5 Å². The molecule has 4 rings (SSSR count). The van der Waals surface area contributed by atoms with Crippen LogP contribution in [0.25, 0.3) is 11.4 Å². The summed E-state index contributed by atoms with van der Waals surface area (Å²) < 4.78 is 10.7. The highest BCUT2D eigenvalue weighted by Crippen LogP contribution is 2.35. The molecule has 1 saturated heterocycles. The third-order valence-electron chi connectivity index (χ3n) is 3.99. The Morgan fingerprint density at radius 1 is 1.18 bits per heavy atom. The third-order valence-corrected chi connectivity index (χ3v) is 3.99. The van der Waals surface area contributed by atoms with Gasteiger partial charge in [0.2, 0.25) is 6.79 Å². The summed E-state index contributed by atoms with van der Waals surface area (Å²) in [5.74, 6) is 2.97. The van der Waals surface area contributed by atoms with Gasteiger partial charge in [-0.15, -0.1) is 0 Å². The van der Waals surface area contributed by atoms with Gasteiger partial charge >= 0.3 is 0 Å². The number of fused-ring (bicyclic) bond motifs is 1. The molecule has 1 N–H and O–H groups in total. The highest BCUT2D eigenvalue weighted by molar-refractivity contribution is 5.62. The average Bonchev–Trinajstić information content (AvgIpc) is 3.02. The molecule has 0 bridgehead atoms. The van der Waals surface area contributed by atoms with E-state index in [-0.39, 0.29) is 12.9 Å². The molecule has 1 atom stereocenters. The van der Waals surface area contributed by atoms with Crippen molar-refractivity contribution in [2.24, 2.45) is 0 Å². The number of ether oxygens (including phenoxy) is 2. The number of hydrogen-bond acceptors (Lipinski definition) is 6. The summed E-state index contributed by atoms with van der Waals surface area (Å²) >= 11 is 0.